The maximum Gasteiger partial charge on any atom is 0.326 e. The third-order valence-electron chi connectivity index (χ3n) is 7.34. The minimum atomic E-state index is -0.899. The number of pyridine rings is 1. The molecule has 1 saturated heterocycles. The first kappa shape index (κ1) is 28.0. The largest absolute Gasteiger partial charge is 0.462 e. The van der Waals surface area contributed by atoms with Crippen molar-refractivity contribution >= 4 is 17.0 Å². The van der Waals surface area contributed by atoms with Crippen molar-refractivity contribution in [2.45, 2.75) is 78.3 Å². The Labute approximate surface area is 223 Å². The van der Waals surface area contributed by atoms with Gasteiger partial charge in [-0.3, -0.25) is 14.9 Å². The molecule has 3 unspecified atom stereocenters. The molecule has 0 aliphatic carbocycles. The number of nitrogens with zero attached hydrogens (tertiary/aromatic N) is 3. The molecule has 2 N–H and O–H groups in total. The van der Waals surface area contributed by atoms with E-state index in [2.05, 4.69) is 22.9 Å². The third-order valence-corrected chi connectivity index (χ3v) is 7.34. The highest BCUT2D eigenvalue weighted by Crippen LogP contribution is 2.35. The zero-order valence-electron chi connectivity index (χ0n) is 23.2. The van der Waals surface area contributed by atoms with Gasteiger partial charge in [-0.15, -0.1) is 0 Å². The Hall–Kier alpha value is -3.01. The fourth-order valence-electron chi connectivity index (χ4n) is 5.26. The molecule has 1 aliphatic rings. The summed E-state index contributed by atoms with van der Waals surface area (Å²) in [5.41, 5.74) is 4.33. The van der Waals surface area contributed by atoms with Crippen molar-refractivity contribution in [2.24, 2.45) is 13.0 Å². The van der Waals surface area contributed by atoms with Gasteiger partial charge in [-0.1, -0.05) is 6.07 Å². The number of rotatable bonds is 9. The second-order valence-corrected chi connectivity index (χ2v) is 10.7. The number of hydrogen-bond acceptors (Lipinski definition) is 7. The summed E-state index contributed by atoms with van der Waals surface area (Å²) < 4.78 is 14.8. The minimum Gasteiger partial charge on any atom is -0.462 e. The zero-order valence-corrected chi connectivity index (χ0v) is 23.2. The molecule has 38 heavy (non-hydrogen) atoms. The fraction of sp³-hybridized carbons (Fsp3) is 0.552. The van der Waals surface area contributed by atoms with Gasteiger partial charge in [-0.2, -0.15) is 0 Å². The Kier molecular flexibility index (Phi) is 8.70. The van der Waals surface area contributed by atoms with Crippen LogP contribution in [0.1, 0.15) is 57.7 Å². The van der Waals surface area contributed by atoms with Crippen molar-refractivity contribution in [1.29, 1.82) is 0 Å². The molecule has 3 atom stereocenters. The molecule has 206 valence electrons. The first-order chi connectivity index (χ1) is 18.1. The van der Waals surface area contributed by atoms with Gasteiger partial charge in [0.25, 0.3) is 5.56 Å². The van der Waals surface area contributed by atoms with E-state index in [0.717, 1.165) is 54.0 Å². The van der Waals surface area contributed by atoms with Crippen LogP contribution in [0.5, 0.6) is 0 Å². The predicted octanol–water partition coefficient (Wildman–Crippen LogP) is 3.49. The molecule has 9 nitrogen and oxygen atoms in total. The summed E-state index contributed by atoms with van der Waals surface area (Å²) >= 11 is 0. The van der Waals surface area contributed by atoms with E-state index < -0.39 is 18.1 Å². The molecule has 0 saturated carbocycles. The van der Waals surface area contributed by atoms with Crippen LogP contribution in [0.2, 0.25) is 0 Å². The molecule has 3 aromatic rings. The number of benzene rings is 1. The quantitative estimate of drug-likeness (QED) is 0.413. The molecule has 3 heterocycles. The highest BCUT2D eigenvalue weighted by Gasteiger charge is 2.28. The Balaban J connectivity index is 1.71. The first-order valence-electron chi connectivity index (χ1n) is 13.4. The lowest BCUT2D eigenvalue weighted by Crippen LogP contribution is -2.46. The summed E-state index contributed by atoms with van der Waals surface area (Å²) in [6.07, 6.45) is 2.66. The number of aliphatic hydroxyl groups is 1. The van der Waals surface area contributed by atoms with E-state index in [1.807, 2.05) is 31.3 Å². The standard InChI is InChI=1S/C29H40N4O5/c1-17(2)38-29(36)26(20(5)34)30-15-21-7-8-25-24(14-21)31-27(23-13-18(3)28(35)32(6)16-23)33(25)19(4)22-9-11-37-12-10-22/h7-8,13-14,16-17,19-20,22,26,30,34H,9-12,15H2,1-6H3. The summed E-state index contributed by atoms with van der Waals surface area (Å²) in [4.78, 5) is 29.9. The van der Waals surface area contributed by atoms with Gasteiger partial charge in [0.15, 0.2) is 0 Å². The first-order valence-corrected chi connectivity index (χ1v) is 13.4. The van der Waals surface area contributed by atoms with Crippen LogP contribution in [0, 0.1) is 12.8 Å². The van der Waals surface area contributed by atoms with E-state index in [-0.39, 0.29) is 17.7 Å². The number of aromatic nitrogens is 3. The number of carbonyl (C=O) groups is 1. The Morgan fingerprint density at radius 3 is 2.55 bits per heavy atom. The van der Waals surface area contributed by atoms with Crippen molar-refractivity contribution in [3.8, 4) is 11.4 Å². The topological polar surface area (TPSA) is 108 Å². The molecule has 1 aliphatic heterocycles. The molecule has 1 fully saturated rings. The van der Waals surface area contributed by atoms with E-state index in [9.17, 15) is 14.7 Å². The van der Waals surface area contributed by atoms with Crippen LogP contribution in [-0.4, -0.2) is 56.7 Å². The summed E-state index contributed by atoms with van der Waals surface area (Å²) in [5, 5.41) is 13.3. The van der Waals surface area contributed by atoms with Gasteiger partial charge in [-0.05, 0) is 77.1 Å². The third kappa shape index (κ3) is 6.00. The van der Waals surface area contributed by atoms with Gasteiger partial charge in [0.1, 0.15) is 11.9 Å². The van der Waals surface area contributed by atoms with Crippen LogP contribution >= 0.6 is 0 Å². The van der Waals surface area contributed by atoms with Gasteiger partial charge >= 0.3 is 5.97 Å². The molecule has 0 bridgehead atoms. The van der Waals surface area contributed by atoms with Crippen LogP contribution in [-0.2, 0) is 27.9 Å². The van der Waals surface area contributed by atoms with E-state index in [1.54, 1.807) is 32.4 Å². The van der Waals surface area contributed by atoms with E-state index in [4.69, 9.17) is 14.5 Å². The van der Waals surface area contributed by atoms with Gasteiger partial charge in [0.05, 0.1) is 23.2 Å². The molecular formula is C29H40N4O5. The number of aliphatic hydroxyl groups excluding tert-OH is 1. The lowest BCUT2D eigenvalue weighted by Gasteiger charge is -2.30. The van der Waals surface area contributed by atoms with E-state index >= 15 is 0 Å². The van der Waals surface area contributed by atoms with Crippen molar-refractivity contribution in [3.63, 3.8) is 0 Å². The maximum atomic E-state index is 12.4. The number of hydrogen-bond donors (Lipinski definition) is 2. The summed E-state index contributed by atoms with van der Waals surface area (Å²) in [6.45, 7) is 11.1. The van der Waals surface area contributed by atoms with Gasteiger partial charge < -0.3 is 23.7 Å². The molecule has 0 spiro atoms. The molecule has 9 heteroatoms. The van der Waals surface area contributed by atoms with Crippen LogP contribution in [0.3, 0.4) is 0 Å². The van der Waals surface area contributed by atoms with Crippen LogP contribution in [0.4, 0.5) is 0 Å². The van der Waals surface area contributed by atoms with E-state index in [1.165, 1.54) is 0 Å². The lowest BCUT2D eigenvalue weighted by molar-refractivity contribution is -0.152. The Morgan fingerprint density at radius 2 is 1.92 bits per heavy atom. The highest BCUT2D eigenvalue weighted by atomic mass is 16.5. The van der Waals surface area contributed by atoms with Crippen molar-refractivity contribution < 1.29 is 19.4 Å². The number of carbonyl (C=O) groups excluding carboxylic acids is 1. The number of ether oxygens (including phenoxy) is 2. The fourth-order valence-corrected chi connectivity index (χ4v) is 5.26. The number of imidazole rings is 1. The second-order valence-electron chi connectivity index (χ2n) is 10.7. The summed E-state index contributed by atoms with van der Waals surface area (Å²) in [6, 6.07) is 7.37. The number of nitrogens with one attached hydrogen (secondary N) is 1. The molecule has 2 aromatic heterocycles. The second kappa shape index (κ2) is 11.8. The van der Waals surface area contributed by atoms with Crippen molar-refractivity contribution in [2.75, 3.05) is 13.2 Å². The van der Waals surface area contributed by atoms with Gasteiger partial charge in [0, 0.05) is 50.2 Å². The van der Waals surface area contributed by atoms with E-state index in [0.29, 0.717) is 18.0 Å². The average Bonchev–Trinajstić information content (AvgIpc) is 3.25. The molecule has 4 rings (SSSR count). The molecule has 0 amide bonds. The normalized spacial score (nSPS) is 17.1. The Bertz CT molecular complexity index is 1310. The summed E-state index contributed by atoms with van der Waals surface area (Å²) in [5.74, 6) is 0.803. The zero-order chi connectivity index (χ0) is 27.6. The van der Waals surface area contributed by atoms with Crippen molar-refractivity contribution in [3.05, 3.63) is 51.9 Å². The predicted molar refractivity (Wildman–Crippen MR) is 147 cm³/mol. The molecule has 1 aromatic carbocycles. The van der Waals surface area contributed by atoms with Crippen molar-refractivity contribution in [1.82, 2.24) is 19.4 Å². The summed E-state index contributed by atoms with van der Waals surface area (Å²) in [7, 11) is 1.76. The Morgan fingerprint density at radius 1 is 1.21 bits per heavy atom. The van der Waals surface area contributed by atoms with Gasteiger partial charge in [0.2, 0.25) is 0 Å². The SMILES string of the molecule is Cc1cc(-c2nc3cc(CNC(C(=O)OC(C)C)C(C)O)ccc3n2C(C)C2CCOCC2)cn(C)c1=O. The van der Waals surface area contributed by atoms with Crippen LogP contribution in [0.15, 0.2) is 35.3 Å². The smallest absolute Gasteiger partial charge is 0.326 e. The highest BCUT2D eigenvalue weighted by molar-refractivity contribution is 5.82. The molecular weight excluding hydrogens is 484 g/mol. The number of esters is 1. The lowest BCUT2D eigenvalue weighted by atomic mass is 9.92. The van der Waals surface area contributed by atoms with Gasteiger partial charge in [-0.25, -0.2) is 4.98 Å². The minimum absolute atomic E-state index is 0.0223. The maximum absolute atomic E-state index is 12.4. The molecule has 0 radical (unpaired) electrons. The average molecular weight is 525 g/mol. The monoisotopic (exact) mass is 524 g/mol. The number of fused-ring (bicyclic) bond motifs is 1. The van der Waals surface area contributed by atoms with Crippen LogP contribution in [0.25, 0.3) is 22.4 Å². The van der Waals surface area contributed by atoms with Crippen LogP contribution < -0.4 is 10.9 Å². The number of aryl methyl sites for hydroxylation is 2.